The molecule has 17 heavy (non-hydrogen) atoms. The van der Waals surface area contributed by atoms with Gasteiger partial charge >= 0.3 is 0 Å². The van der Waals surface area contributed by atoms with E-state index in [9.17, 15) is 14.7 Å². The number of nitro groups is 1. The molecular formula is C10H14NO4PS. The minimum atomic E-state index is -2.56. The van der Waals surface area contributed by atoms with E-state index < -0.39 is 12.3 Å². The fraction of sp³-hybridized carbons (Fsp3) is 0.400. The highest BCUT2D eigenvalue weighted by molar-refractivity contribution is 8.05. The Morgan fingerprint density at radius 2 is 2.00 bits per heavy atom. The molecule has 0 N–H and O–H groups in total. The summed E-state index contributed by atoms with van der Waals surface area (Å²) in [6, 6.07) is 6.16. The van der Waals surface area contributed by atoms with Gasteiger partial charge in [0.15, 0.2) is 0 Å². The van der Waals surface area contributed by atoms with Gasteiger partial charge in [-0.15, -0.1) is 11.8 Å². The van der Waals surface area contributed by atoms with Gasteiger partial charge in [-0.05, 0) is 19.1 Å². The highest BCUT2D eigenvalue weighted by atomic mass is 32.2. The van der Waals surface area contributed by atoms with Crippen LogP contribution in [0.25, 0.3) is 0 Å². The predicted octanol–water partition coefficient (Wildman–Crippen LogP) is 3.59. The van der Waals surface area contributed by atoms with Crippen LogP contribution in [0.3, 0.4) is 0 Å². The van der Waals surface area contributed by atoms with Gasteiger partial charge in [-0.3, -0.25) is 14.7 Å². The van der Waals surface area contributed by atoms with E-state index in [0.29, 0.717) is 12.1 Å². The molecule has 1 rings (SSSR count). The molecule has 0 radical (unpaired) electrons. The second kappa shape index (κ2) is 6.19. The van der Waals surface area contributed by atoms with E-state index in [1.54, 1.807) is 25.7 Å². The molecule has 0 spiro atoms. The van der Waals surface area contributed by atoms with Crippen LogP contribution in [0, 0.1) is 10.1 Å². The first-order valence-electron chi connectivity index (χ1n) is 5.03. The Hall–Kier alpha value is -0.840. The molecule has 7 heteroatoms. The Bertz CT molecular complexity index is 434. The number of nitrogens with zero attached hydrogens (tertiary/aromatic N) is 1. The normalized spacial score (nSPS) is 14.2. The summed E-state index contributed by atoms with van der Waals surface area (Å²) in [5.41, 5.74) is 0.428. The Kier molecular flexibility index (Phi) is 5.18. The maximum absolute atomic E-state index is 11.8. The minimum Gasteiger partial charge on any atom is -0.328 e. The molecule has 0 saturated heterocycles. The van der Waals surface area contributed by atoms with E-state index in [4.69, 9.17) is 4.52 Å². The molecule has 0 amide bonds. The number of thioether (sulfide) groups is 1. The Balaban J connectivity index is 2.58. The standard InChI is InChI=1S/C10H14NO4PS/c1-3-15-16(2,14)8-17-10-6-4-9(5-7-10)11(12)13/h4-7H,3,8H2,1-2H3. The van der Waals surface area contributed by atoms with Gasteiger partial charge in [-0.25, -0.2) is 0 Å². The van der Waals surface area contributed by atoms with Gasteiger partial charge in [0, 0.05) is 23.7 Å². The summed E-state index contributed by atoms with van der Waals surface area (Å²) >= 11 is 1.38. The van der Waals surface area contributed by atoms with E-state index in [2.05, 4.69) is 0 Å². The number of non-ortho nitro benzene ring substituents is 1. The number of benzene rings is 1. The lowest BCUT2D eigenvalue weighted by molar-refractivity contribution is -0.384. The predicted molar refractivity (Wildman–Crippen MR) is 69.0 cm³/mol. The fourth-order valence-electron chi connectivity index (χ4n) is 1.17. The number of rotatable bonds is 6. The highest BCUT2D eigenvalue weighted by Gasteiger charge is 2.15. The highest BCUT2D eigenvalue weighted by Crippen LogP contribution is 2.47. The summed E-state index contributed by atoms with van der Waals surface area (Å²) in [6.45, 7) is 3.82. The van der Waals surface area contributed by atoms with Crippen molar-refractivity contribution in [3.63, 3.8) is 0 Å². The third-order valence-corrected chi connectivity index (χ3v) is 5.72. The van der Waals surface area contributed by atoms with Crippen molar-refractivity contribution in [1.82, 2.24) is 0 Å². The third kappa shape index (κ3) is 4.89. The molecule has 94 valence electrons. The van der Waals surface area contributed by atoms with Crippen LogP contribution in [0.15, 0.2) is 29.2 Å². The van der Waals surface area contributed by atoms with Crippen molar-refractivity contribution in [2.75, 3.05) is 18.8 Å². The fourth-order valence-corrected chi connectivity index (χ4v) is 3.87. The summed E-state index contributed by atoms with van der Waals surface area (Å²) in [5, 5.41) is 10.4. The van der Waals surface area contributed by atoms with Gasteiger partial charge in [0.1, 0.15) is 0 Å². The first-order chi connectivity index (χ1) is 7.94. The molecule has 0 aromatic heterocycles. The Morgan fingerprint density at radius 1 is 1.41 bits per heavy atom. The van der Waals surface area contributed by atoms with Crippen LogP contribution in [-0.4, -0.2) is 23.7 Å². The van der Waals surface area contributed by atoms with E-state index in [1.807, 2.05) is 0 Å². The maximum Gasteiger partial charge on any atom is 0.269 e. The number of hydrogen-bond acceptors (Lipinski definition) is 5. The van der Waals surface area contributed by atoms with Gasteiger partial charge in [0.2, 0.25) is 7.37 Å². The number of nitro benzene ring substituents is 1. The average Bonchev–Trinajstić information content (AvgIpc) is 2.27. The Labute approximate surface area is 104 Å². The zero-order valence-electron chi connectivity index (χ0n) is 9.66. The molecule has 1 aromatic carbocycles. The second-order valence-electron chi connectivity index (χ2n) is 3.46. The molecule has 1 unspecified atom stereocenters. The van der Waals surface area contributed by atoms with Crippen molar-refractivity contribution in [3.8, 4) is 0 Å². The molecule has 0 aliphatic heterocycles. The van der Waals surface area contributed by atoms with Crippen LogP contribution in [0.5, 0.6) is 0 Å². The smallest absolute Gasteiger partial charge is 0.269 e. The minimum absolute atomic E-state index is 0.0545. The van der Waals surface area contributed by atoms with Gasteiger partial charge in [-0.2, -0.15) is 0 Å². The molecule has 0 fully saturated rings. The molecule has 0 aliphatic rings. The molecule has 1 aromatic rings. The summed E-state index contributed by atoms with van der Waals surface area (Å²) < 4.78 is 17.0. The summed E-state index contributed by atoms with van der Waals surface area (Å²) in [5.74, 6) is 0. The molecular weight excluding hydrogens is 261 g/mol. The topological polar surface area (TPSA) is 69.4 Å². The maximum atomic E-state index is 11.8. The van der Waals surface area contributed by atoms with Crippen LogP contribution in [0.1, 0.15) is 6.92 Å². The largest absolute Gasteiger partial charge is 0.328 e. The van der Waals surface area contributed by atoms with Gasteiger partial charge in [0.25, 0.3) is 5.69 Å². The van der Waals surface area contributed by atoms with Crippen LogP contribution in [0.2, 0.25) is 0 Å². The van der Waals surface area contributed by atoms with Crippen LogP contribution < -0.4 is 0 Å². The first-order valence-corrected chi connectivity index (χ1v) is 8.27. The van der Waals surface area contributed by atoms with Crippen molar-refractivity contribution in [2.45, 2.75) is 11.8 Å². The monoisotopic (exact) mass is 275 g/mol. The van der Waals surface area contributed by atoms with E-state index in [0.717, 1.165) is 4.90 Å². The van der Waals surface area contributed by atoms with Crippen molar-refractivity contribution in [2.24, 2.45) is 0 Å². The summed E-state index contributed by atoms with van der Waals surface area (Å²) in [6.07, 6.45) is 0. The molecule has 1 atom stereocenters. The van der Waals surface area contributed by atoms with Crippen molar-refractivity contribution < 1.29 is 14.0 Å². The summed E-state index contributed by atoms with van der Waals surface area (Å²) in [4.78, 5) is 10.8. The molecule has 0 saturated carbocycles. The van der Waals surface area contributed by atoms with Gasteiger partial charge < -0.3 is 4.52 Å². The zero-order valence-corrected chi connectivity index (χ0v) is 11.4. The van der Waals surface area contributed by atoms with Crippen LogP contribution in [-0.2, 0) is 9.09 Å². The third-order valence-electron chi connectivity index (χ3n) is 1.92. The first kappa shape index (κ1) is 14.2. The number of hydrogen-bond donors (Lipinski definition) is 0. The molecule has 0 heterocycles. The van der Waals surface area contributed by atoms with Gasteiger partial charge in [0.05, 0.1) is 17.0 Å². The molecule has 5 nitrogen and oxygen atoms in total. The lowest BCUT2D eigenvalue weighted by Gasteiger charge is -2.11. The van der Waals surface area contributed by atoms with Crippen LogP contribution in [0.4, 0.5) is 5.69 Å². The summed E-state index contributed by atoms with van der Waals surface area (Å²) in [7, 11) is -2.56. The Morgan fingerprint density at radius 3 is 2.47 bits per heavy atom. The second-order valence-corrected chi connectivity index (χ2v) is 7.54. The van der Waals surface area contributed by atoms with Gasteiger partial charge in [-0.1, -0.05) is 0 Å². The lowest BCUT2D eigenvalue weighted by atomic mass is 10.3. The quantitative estimate of drug-likeness (QED) is 0.343. The van der Waals surface area contributed by atoms with E-state index >= 15 is 0 Å². The van der Waals surface area contributed by atoms with E-state index in [1.165, 1.54) is 23.9 Å². The SMILES string of the molecule is CCOP(C)(=O)CSc1ccc([N+](=O)[O-])cc1. The van der Waals surface area contributed by atoms with Crippen molar-refractivity contribution >= 4 is 24.8 Å². The zero-order chi connectivity index (χ0) is 12.9. The van der Waals surface area contributed by atoms with Crippen molar-refractivity contribution in [3.05, 3.63) is 34.4 Å². The lowest BCUT2D eigenvalue weighted by Crippen LogP contribution is -1.91. The van der Waals surface area contributed by atoms with Crippen LogP contribution >= 0.6 is 19.1 Å². The van der Waals surface area contributed by atoms with Crippen molar-refractivity contribution in [1.29, 1.82) is 0 Å². The van der Waals surface area contributed by atoms with E-state index in [-0.39, 0.29) is 5.69 Å². The molecule has 0 aliphatic carbocycles. The average molecular weight is 275 g/mol. The molecule has 0 bridgehead atoms.